The van der Waals surface area contributed by atoms with Crippen molar-refractivity contribution in [2.75, 3.05) is 0 Å². The van der Waals surface area contributed by atoms with Crippen LogP contribution < -0.4 is 5.14 Å². The van der Waals surface area contributed by atoms with Gasteiger partial charge in [-0.1, -0.05) is 15.9 Å². The summed E-state index contributed by atoms with van der Waals surface area (Å²) in [5.74, 6) is -0.830. The highest BCUT2D eigenvalue weighted by atomic mass is 79.9. The molecular formula is C7H7BrFNO2S. The first-order valence-corrected chi connectivity index (χ1v) is 5.65. The van der Waals surface area contributed by atoms with E-state index in [0.717, 1.165) is 6.07 Å². The highest BCUT2D eigenvalue weighted by molar-refractivity contribution is 9.10. The van der Waals surface area contributed by atoms with Crippen LogP contribution in [0.4, 0.5) is 4.39 Å². The number of rotatable bonds is 1. The van der Waals surface area contributed by atoms with Crippen LogP contribution in [0.15, 0.2) is 21.5 Å². The highest BCUT2D eigenvalue weighted by Gasteiger charge is 2.18. The van der Waals surface area contributed by atoms with E-state index in [1.54, 1.807) is 0 Å². The summed E-state index contributed by atoms with van der Waals surface area (Å²) in [6.45, 7) is 1.48. The van der Waals surface area contributed by atoms with E-state index in [1.807, 2.05) is 0 Å². The molecule has 2 N–H and O–H groups in total. The van der Waals surface area contributed by atoms with Gasteiger partial charge in [0.2, 0.25) is 10.0 Å². The fourth-order valence-electron chi connectivity index (χ4n) is 0.984. The third kappa shape index (κ3) is 2.07. The monoisotopic (exact) mass is 267 g/mol. The first kappa shape index (κ1) is 10.6. The maximum Gasteiger partial charge on any atom is 0.241 e. The van der Waals surface area contributed by atoms with E-state index in [1.165, 1.54) is 13.0 Å². The maximum absolute atomic E-state index is 13.0. The van der Waals surface area contributed by atoms with Crippen LogP contribution in [0.3, 0.4) is 0 Å². The molecule has 13 heavy (non-hydrogen) atoms. The molecule has 0 saturated carbocycles. The lowest BCUT2D eigenvalue weighted by atomic mass is 10.2. The first-order valence-electron chi connectivity index (χ1n) is 3.31. The SMILES string of the molecule is Cc1c(Br)ccc(F)c1S(N)(=O)=O. The summed E-state index contributed by atoms with van der Waals surface area (Å²) in [5, 5.41) is 4.84. The molecule has 0 fully saturated rings. The van der Waals surface area contributed by atoms with Gasteiger partial charge in [-0.25, -0.2) is 17.9 Å². The normalized spacial score (nSPS) is 11.7. The van der Waals surface area contributed by atoms with Crippen molar-refractivity contribution in [2.45, 2.75) is 11.8 Å². The average Bonchev–Trinajstić information content (AvgIpc) is 1.95. The Balaban J connectivity index is 3.62. The summed E-state index contributed by atoms with van der Waals surface area (Å²) in [7, 11) is -3.99. The molecule has 0 atom stereocenters. The van der Waals surface area contributed by atoms with Crippen LogP contribution in [0, 0.1) is 12.7 Å². The largest absolute Gasteiger partial charge is 0.241 e. The number of nitrogens with two attached hydrogens (primary N) is 1. The summed E-state index contributed by atoms with van der Waals surface area (Å²) in [6.07, 6.45) is 0. The van der Waals surface area contributed by atoms with Crippen molar-refractivity contribution in [3.63, 3.8) is 0 Å². The molecule has 0 heterocycles. The molecule has 0 amide bonds. The molecule has 0 aliphatic heterocycles. The summed E-state index contributed by atoms with van der Waals surface area (Å²) < 4.78 is 35.4. The smallest absolute Gasteiger partial charge is 0.225 e. The lowest BCUT2D eigenvalue weighted by molar-refractivity contribution is 0.565. The Kier molecular flexibility index (Phi) is 2.74. The van der Waals surface area contributed by atoms with Crippen LogP contribution in [0.5, 0.6) is 0 Å². The van der Waals surface area contributed by atoms with Crippen molar-refractivity contribution in [3.05, 3.63) is 28.0 Å². The van der Waals surface area contributed by atoms with Crippen molar-refractivity contribution in [2.24, 2.45) is 5.14 Å². The molecule has 0 aliphatic carbocycles. The predicted octanol–water partition coefficient (Wildman–Crippen LogP) is 1.54. The maximum atomic E-state index is 13.0. The van der Waals surface area contributed by atoms with Crippen molar-refractivity contribution in [1.29, 1.82) is 0 Å². The quantitative estimate of drug-likeness (QED) is 0.839. The molecule has 1 rings (SSSR count). The second-order valence-corrected chi connectivity index (χ2v) is 4.88. The molecule has 0 aromatic heterocycles. The van der Waals surface area contributed by atoms with Gasteiger partial charge in [-0.2, -0.15) is 0 Å². The molecule has 0 saturated heterocycles. The van der Waals surface area contributed by atoms with Crippen molar-refractivity contribution in [3.8, 4) is 0 Å². The van der Waals surface area contributed by atoms with Gasteiger partial charge in [0, 0.05) is 4.47 Å². The number of sulfonamides is 1. The third-order valence-corrected chi connectivity index (χ3v) is 3.51. The lowest BCUT2D eigenvalue weighted by Crippen LogP contribution is -2.15. The van der Waals surface area contributed by atoms with Gasteiger partial charge >= 0.3 is 0 Å². The number of hydrogen-bond acceptors (Lipinski definition) is 2. The molecule has 0 bridgehead atoms. The van der Waals surface area contributed by atoms with Gasteiger partial charge in [-0.05, 0) is 24.6 Å². The molecule has 1 aromatic carbocycles. The van der Waals surface area contributed by atoms with Crippen LogP contribution in [-0.4, -0.2) is 8.42 Å². The minimum absolute atomic E-state index is 0.280. The summed E-state index contributed by atoms with van der Waals surface area (Å²) in [4.78, 5) is -0.457. The third-order valence-electron chi connectivity index (χ3n) is 1.58. The van der Waals surface area contributed by atoms with E-state index in [4.69, 9.17) is 5.14 Å². The summed E-state index contributed by atoms with van der Waals surface area (Å²) >= 11 is 3.09. The molecule has 6 heteroatoms. The minimum Gasteiger partial charge on any atom is -0.225 e. The van der Waals surface area contributed by atoms with E-state index in [0.29, 0.717) is 4.47 Å². The Hall–Kier alpha value is -0.460. The number of benzene rings is 1. The highest BCUT2D eigenvalue weighted by Crippen LogP contribution is 2.24. The van der Waals surface area contributed by atoms with E-state index in [2.05, 4.69) is 15.9 Å². The van der Waals surface area contributed by atoms with Gasteiger partial charge in [0.15, 0.2) is 0 Å². The van der Waals surface area contributed by atoms with Gasteiger partial charge in [-0.15, -0.1) is 0 Å². The Morgan fingerprint density at radius 3 is 2.38 bits per heavy atom. The topological polar surface area (TPSA) is 60.2 Å². The first-order chi connectivity index (χ1) is 5.84. The fraction of sp³-hybridized carbons (Fsp3) is 0.143. The molecule has 3 nitrogen and oxygen atoms in total. The molecule has 72 valence electrons. The Labute approximate surface area is 83.9 Å². The number of hydrogen-bond donors (Lipinski definition) is 1. The van der Waals surface area contributed by atoms with Gasteiger partial charge in [0.25, 0.3) is 0 Å². The minimum atomic E-state index is -3.99. The molecule has 0 spiro atoms. The van der Waals surface area contributed by atoms with Gasteiger partial charge < -0.3 is 0 Å². The Bertz CT molecular complexity index is 444. The standard InChI is InChI=1S/C7H7BrFNO2S/c1-4-5(8)2-3-6(9)7(4)13(10,11)12/h2-3H,1H3,(H2,10,11,12). The predicted molar refractivity (Wildman–Crippen MR) is 50.2 cm³/mol. The van der Waals surface area contributed by atoms with Crippen LogP contribution in [0.2, 0.25) is 0 Å². The average molecular weight is 268 g/mol. The van der Waals surface area contributed by atoms with Gasteiger partial charge in [-0.3, -0.25) is 0 Å². The van der Waals surface area contributed by atoms with Crippen LogP contribution in [0.25, 0.3) is 0 Å². The van der Waals surface area contributed by atoms with E-state index >= 15 is 0 Å². The van der Waals surface area contributed by atoms with E-state index in [-0.39, 0.29) is 5.56 Å². The number of halogens is 2. The van der Waals surface area contributed by atoms with Gasteiger partial charge in [0.05, 0.1) is 0 Å². The van der Waals surface area contributed by atoms with Crippen LogP contribution in [-0.2, 0) is 10.0 Å². The van der Waals surface area contributed by atoms with E-state index in [9.17, 15) is 12.8 Å². The van der Waals surface area contributed by atoms with Crippen LogP contribution >= 0.6 is 15.9 Å². The zero-order chi connectivity index (χ0) is 10.2. The Morgan fingerprint density at radius 2 is 2.00 bits per heavy atom. The molecule has 0 radical (unpaired) electrons. The van der Waals surface area contributed by atoms with Crippen molar-refractivity contribution >= 4 is 26.0 Å². The number of primary sulfonamides is 1. The second kappa shape index (κ2) is 3.36. The lowest BCUT2D eigenvalue weighted by Gasteiger charge is -2.05. The fourth-order valence-corrected chi connectivity index (χ4v) is 2.32. The summed E-state index contributed by atoms with van der Waals surface area (Å²) in [5.41, 5.74) is 0.280. The van der Waals surface area contributed by atoms with E-state index < -0.39 is 20.7 Å². The second-order valence-electron chi connectivity index (χ2n) is 2.53. The molecule has 0 unspecified atom stereocenters. The Morgan fingerprint density at radius 1 is 1.46 bits per heavy atom. The zero-order valence-electron chi connectivity index (χ0n) is 6.71. The molecule has 1 aromatic rings. The van der Waals surface area contributed by atoms with Crippen molar-refractivity contribution < 1.29 is 12.8 Å². The summed E-state index contributed by atoms with van der Waals surface area (Å²) in [6, 6.07) is 2.48. The molecule has 0 aliphatic rings. The zero-order valence-corrected chi connectivity index (χ0v) is 9.12. The molecular weight excluding hydrogens is 261 g/mol. The van der Waals surface area contributed by atoms with Gasteiger partial charge in [0.1, 0.15) is 10.7 Å². The van der Waals surface area contributed by atoms with Crippen molar-refractivity contribution in [1.82, 2.24) is 0 Å². The van der Waals surface area contributed by atoms with Crippen LogP contribution in [0.1, 0.15) is 5.56 Å².